The molecule has 7 nitrogen and oxygen atoms in total. The summed E-state index contributed by atoms with van der Waals surface area (Å²) in [6, 6.07) is 5.54. The third kappa shape index (κ3) is 3.03. The van der Waals surface area contributed by atoms with Gasteiger partial charge in [-0.05, 0) is 18.2 Å². The molecule has 0 atom stereocenters. The van der Waals surface area contributed by atoms with Crippen molar-refractivity contribution in [2.24, 2.45) is 0 Å². The van der Waals surface area contributed by atoms with Crippen molar-refractivity contribution in [3.05, 3.63) is 47.4 Å². The number of nitrogens with one attached hydrogen (secondary N) is 1. The third-order valence-electron chi connectivity index (χ3n) is 2.24. The highest BCUT2D eigenvalue weighted by Gasteiger charge is 2.20. The van der Waals surface area contributed by atoms with E-state index in [2.05, 4.69) is 14.7 Å². The maximum absolute atomic E-state index is 12.1. The minimum Gasteiger partial charge on any atom is -0.476 e. The molecule has 2 rings (SSSR count). The van der Waals surface area contributed by atoms with Crippen molar-refractivity contribution < 1.29 is 18.3 Å². The van der Waals surface area contributed by atoms with Crippen molar-refractivity contribution in [2.45, 2.75) is 4.90 Å². The number of aromatic carboxylic acids is 1. The van der Waals surface area contributed by atoms with Gasteiger partial charge in [-0.3, -0.25) is 4.72 Å². The molecule has 2 N–H and O–H groups in total. The molecule has 0 saturated heterocycles. The van der Waals surface area contributed by atoms with Crippen molar-refractivity contribution in [2.75, 3.05) is 4.72 Å². The molecular formula is C11H8ClN3O4S. The Labute approximate surface area is 119 Å². The number of benzene rings is 1. The first-order valence-electron chi connectivity index (χ1n) is 5.23. The van der Waals surface area contributed by atoms with Gasteiger partial charge in [-0.15, -0.1) is 0 Å². The summed E-state index contributed by atoms with van der Waals surface area (Å²) >= 11 is 5.72. The molecule has 1 aromatic carbocycles. The number of carboxylic acids is 1. The number of hydrogen-bond donors (Lipinski definition) is 2. The molecule has 0 spiro atoms. The minimum absolute atomic E-state index is 0.105. The largest absolute Gasteiger partial charge is 0.476 e. The average Bonchev–Trinajstić information content (AvgIpc) is 2.38. The van der Waals surface area contributed by atoms with Crippen LogP contribution in [0.15, 0.2) is 41.6 Å². The van der Waals surface area contributed by atoms with Gasteiger partial charge < -0.3 is 5.11 Å². The van der Waals surface area contributed by atoms with E-state index in [0.29, 0.717) is 0 Å². The number of anilines is 1. The van der Waals surface area contributed by atoms with E-state index >= 15 is 0 Å². The first-order chi connectivity index (χ1) is 9.40. The summed E-state index contributed by atoms with van der Waals surface area (Å²) in [5, 5.41) is 9.16. The zero-order valence-corrected chi connectivity index (χ0v) is 11.4. The van der Waals surface area contributed by atoms with E-state index in [9.17, 15) is 13.2 Å². The van der Waals surface area contributed by atoms with Gasteiger partial charge in [0.25, 0.3) is 10.0 Å². The molecule has 2 aromatic rings. The Balaban J connectivity index is 2.41. The van der Waals surface area contributed by atoms with Crippen molar-refractivity contribution >= 4 is 33.4 Å². The molecule has 0 aliphatic carbocycles. The Bertz CT molecular complexity index is 764. The monoisotopic (exact) mass is 313 g/mol. The summed E-state index contributed by atoms with van der Waals surface area (Å²) in [4.78, 5) is 18.1. The molecule has 1 aromatic heterocycles. The smallest absolute Gasteiger partial charge is 0.358 e. The topological polar surface area (TPSA) is 109 Å². The van der Waals surface area contributed by atoms with Crippen LogP contribution in [0.4, 0.5) is 5.82 Å². The molecule has 0 saturated carbocycles. The van der Waals surface area contributed by atoms with Gasteiger partial charge in [-0.25, -0.2) is 23.2 Å². The van der Waals surface area contributed by atoms with Gasteiger partial charge >= 0.3 is 5.97 Å². The zero-order chi connectivity index (χ0) is 14.8. The van der Waals surface area contributed by atoms with Crippen LogP contribution < -0.4 is 4.72 Å². The highest BCUT2D eigenvalue weighted by Crippen LogP contribution is 2.19. The first kappa shape index (κ1) is 14.2. The summed E-state index contributed by atoms with van der Waals surface area (Å²) in [7, 11) is -3.99. The van der Waals surface area contributed by atoms with E-state index in [1.165, 1.54) is 30.5 Å². The second-order valence-electron chi connectivity index (χ2n) is 3.62. The molecule has 0 bridgehead atoms. The lowest BCUT2D eigenvalue weighted by atomic mass is 10.4. The number of aromatic nitrogens is 2. The summed E-state index contributed by atoms with van der Waals surface area (Å²) in [5.41, 5.74) is -0.488. The molecule has 0 aliphatic rings. The zero-order valence-electron chi connectivity index (χ0n) is 9.82. The normalized spacial score (nSPS) is 11.1. The number of hydrogen-bond acceptors (Lipinski definition) is 5. The Morgan fingerprint density at radius 3 is 2.60 bits per heavy atom. The number of nitrogens with zero attached hydrogens (tertiary/aromatic N) is 2. The minimum atomic E-state index is -3.99. The average molecular weight is 314 g/mol. The molecule has 1 heterocycles. The van der Waals surface area contributed by atoms with Crippen LogP contribution in [0.2, 0.25) is 5.02 Å². The molecule has 20 heavy (non-hydrogen) atoms. The lowest BCUT2D eigenvalue weighted by Crippen LogP contribution is -2.17. The lowest BCUT2D eigenvalue weighted by Gasteiger charge is -2.08. The van der Waals surface area contributed by atoms with E-state index in [0.717, 1.165) is 6.20 Å². The van der Waals surface area contributed by atoms with Gasteiger partial charge in [0, 0.05) is 17.4 Å². The summed E-state index contributed by atoms with van der Waals surface area (Å²) in [5.74, 6) is -1.75. The number of halogens is 1. The van der Waals surface area contributed by atoms with Crippen molar-refractivity contribution in [3.8, 4) is 0 Å². The van der Waals surface area contributed by atoms with E-state index in [-0.39, 0.29) is 15.7 Å². The number of carboxylic acid groups (broad SMARTS) is 1. The number of sulfonamides is 1. The fourth-order valence-corrected chi connectivity index (χ4v) is 2.71. The van der Waals surface area contributed by atoms with Gasteiger partial charge in [0.05, 0.1) is 4.90 Å². The maximum atomic E-state index is 12.1. The van der Waals surface area contributed by atoms with Crippen LogP contribution in [0, 0.1) is 0 Å². The fourth-order valence-electron chi connectivity index (χ4n) is 1.39. The van der Waals surface area contributed by atoms with Crippen LogP contribution in [0.3, 0.4) is 0 Å². The first-order valence-corrected chi connectivity index (χ1v) is 7.09. The molecular weight excluding hydrogens is 306 g/mol. The molecule has 104 valence electrons. The second-order valence-corrected chi connectivity index (χ2v) is 5.74. The predicted molar refractivity (Wildman–Crippen MR) is 71.3 cm³/mol. The van der Waals surface area contributed by atoms with Gasteiger partial charge in [0.1, 0.15) is 0 Å². The Morgan fingerprint density at radius 2 is 1.95 bits per heavy atom. The number of carbonyl (C=O) groups is 1. The molecule has 0 unspecified atom stereocenters. The SMILES string of the molecule is O=C(O)c1nccnc1NS(=O)(=O)c1cccc(Cl)c1. The molecule has 0 amide bonds. The quantitative estimate of drug-likeness (QED) is 0.887. The van der Waals surface area contributed by atoms with Crippen molar-refractivity contribution in [1.29, 1.82) is 0 Å². The summed E-state index contributed by atoms with van der Waals surface area (Å²) in [6.45, 7) is 0. The van der Waals surface area contributed by atoms with E-state index in [1.54, 1.807) is 0 Å². The second kappa shape index (κ2) is 5.43. The van der Waals surface area contributed by atoms with E-state index in [1.807, 2.05) is 0 Å². The summed E-state index contributed by atoms with van der Waals surface area (Å²) in [6.07, 6.45) is 2.34. The predicted octanol–water partition coefficient (Wildman–Crippen LogP) is 1.63. The Hall–Kier alpha value is -2.19. The van der Waals surface area contributed by atoms with Gasteiger partial charge in [0.2, 0.25) is 0 Å². The molecule has 9 heteroatoms. The van der Waals surface area contributed by atoms with Crippen molar-refractivity contribution in [3.63, 3.8) is 0 Å². The van der Waals surface area contributed by atoms with Gasteiger partial charge in [-0.2, -0.15) is 0 Å². The van der Waals surface area contributed by atoms with Crippen LogP contribution in [0.25, 0.3) is 0 Å². The standard InChI is InChI=1S/C11H8ClN3O4S/c12-7-2-1-3-8(6-7)20(18,19)15-10-9(11(16)17)13-4-5-14-10/h1-6H,(H,14,15)(H,16,17). The maximum Gasteiger partial charge on any atom is 0.358 e. The van der Waals surface area contributed by atoms with Gasteiger partial charge in [0.15, 0.2) is 11.5 Å². The lowest BCUT2D eigenvalue weighted by molar-refractivity contribution is 0.0691. The molecule has 0 radical (unpaired) electrons. The van der Waals surface area contributed by atoms with Crippen LogP contribution >= 0.6 is 11.6 Å². The molecule has 0 aliphatic heterocycles. The molecule has 0 fully saturated rings. The van der Waals surface area contributed by atoms with Crippen LogP contribution in [-0.2, 0) is 10.0 Å². The van der Waals surface area contributed by atoms with Gasteiger partial charge in [-0.1, -0.05) is 17.7 Å². The van der Waals surface area contributed by atoms with E-state index in [4.69, 9.17) is 16.7 Å². The Morgan fingerprint density at radius 1 is 1.25 bits per heavy atom. The fraction of sp³-hybridized carbons (Fsp3) is 0. The van der Waals surface area contributed by atoms with E-state index < -0.39 is 21.7 Å². The van der Waals surface area contributed by atoms with Crippen LogP contribution in [0.5, 0.6) is 0 Å². The number of rotatable bonds is 4. The van der Waals surface area contributed by atoms with Crippen LogP contribution in [-0.4, -0.2) is 29.5 Å². The summed E-state index contributed by atoms with van der Waals surface area (Å²) < 4.78 is 26.3. The highest BCUT2D eigenvalue weighted by atomic mass is 35.5. The highest BCUT2D eigenvalue weighted by molar-refractivity contribution is 7.92. The van der Waals surface area contributed by atoms with Crippen molar-refractivity contribution in [1.82, 2.24) is 9.97 Å². The van der Waals surface area contributed by atoms with Crippen LogP contribution in [0.1, 0.15) is 10.5 Å². The Kier molecular flexibility index (Phi) is 3.86. The third-order valence-corrected chi connectivity index (χ3v) is 3.81.